The van der Waals surface area contributed by atoms with Gasteiger partial charge in [-0.2, -0.15) is 5.10 Å². The first-order valence-corrected chi connectivity index (χ1v) is 6.93. The van der Waals surface area contributed by atoms with Crippen molar-refractivity contribution in [2.45, 2.75) is 32.9 Å². The van der Waals surface area contributed by atoms with Crippen LogP contribution in [0.1, 0.15) is 24.6 Å². The molecule has 2 rings (SSSR count). The molecule has 2 heterocycles. The van der Waals surface area contributed by atoms with Crippen LogP contribution in [0.25, 0.3) is 0 Å². The molecule has 0 aliphatic carbocycles. The third-order valence-corrected chi connectivity index (χ3v) is 4.58. The van der Waals surface area contributed by atoms with E-state index in [1.54, 1.807) is 4.68 Å². The Morgan fingerprint density at radius 2 is 2.18 bits per heavy atom. The molecule has 96 valence electrons. The summed E-state index contributed by atoms with van der Waals surface area (Å²) in [6.45, 7) is 6.24. The Balaban J connectivity index is 2.15. The standard InChI is InChI=1S/C12H19Cl2N3/c1-8-4-5-17(11(8)6-13)7-10-9(2)15-16(3)12(10)14/h8,11H,4-7H2,1-3H3. The van der Waals surface area contributed by atoms with Crippen molar-refractivity contribution in [2.24, 2.45) is 13.0 Å². The summed E-state index contributed by atoms with van der Waals surface area (Å²) in [7, 11) is 1.88. The van der Waals surface area contributed by atoms with Crippen LogP contribution in [-0.2, 0) is 13.6 Å². The molecule has 1 aliphatic heterocycles. The predicted molar refractivity (Wildman–Crippen MR) is 71.7 cm³/mol. The van der Waals surface area contributed by atoms with Crippen LogP contribution < -0.4 is 0 Å². The highest BCUT2D eigenvalue weighted by Crippen LogP contribution is 2.29. The molecule has 3 nitrogen and oxygen atoms in total. The Bertz CT molecular complexity index is 403. The van der Waals surface area contributed by atoms with Gasteiger partial charge in [0.1, 0.15) is 5.15 Å². The smallest absolute Gasteiger partial charge is 0.131 e. The van der Waals surface area contributed by atoms with Crippen LogP contribution in [0.5, 0.6) is 0 Å². The minimum atomic E-state index is 0.465. The van der Waals surface area contributed by atoms with E-state index in [1.165, 1.54) is 6.42 Å². The third kappa shape index (κ3) is 2.47. The van der Waals surface area contributed by atoms with Gasteiger partial charge in [0.05, 0.1) is 5.69 Å². The van der Waals surface area contributed by atoms with Gasteiger partial charge in [0, 0.05) is 31.1 Å². The van der Waals surface area contributed by atoms with Gasteiger partial charge in [-0.1, -0.05) is 18.5 Å². The number of hydrogen-bond acceptors (Lipinski definition) is 2. The van der Waals surface area contributed by atoms with Crippen molar-refractivity contribution >= 4 is 23.2 Å². The number of rotatable bonds is 3. The first kappa shape index (κ1) is 13.2. The lowest BCUT2D eigenvalue weighted by Gasteiger charge is -2.24. The molecule has 0 saturated carbocycles. The Morgan fingerprint density at radius 3 is 2.71 bits per heavy atom. The fourth-order valence-electron chi connectivity index (χ4n) is 2.59. The van der Waals surface area contributed by atoms with Crippen LogP contribution in [0.4, 0.5) is 0 Å². The summed E-state index contributed by atoms with van der Waals surface area (Å²) in [6, 6.07) is 0.465. The zero-order valence-corrected chi connectivity index (χ0v) is 12.1. The molecule has 1 aliphatic rings. The number of aryl methyl sites for hydroxylation is 2. The number of halogens is 2. The van der Waals surface area contributed by atoms with Crippen molar-refractivity contribution in [2.75, 3.05) is 12.4 Å². The predicted octanol–water partition coefficient (Wildman–Crippen LogP) is 2.83. The van der Waals surface area contributed by atoms with Crippen LogP contribution >= 0.6 is 23.2 Å². The van der Waals surface area contributed by atoms with Crippen molar-refractivity contribution in [1.82, 2.24) is 14.7 Å². The van der Waals surface area contributed by atoms with Gasteiger partial charge < -0.3 is 0 Å². The number of hydrogen-bond donors (Lipinski definition) is 0. The molecule has 0 spiro atoms. The fourth-order valence-corrected chi connectivity index (χ4v) is 3.32. The highest BCUT2D eigenvalue weighted by molar-refractivity contribution is 6.30. The van der Waals surface area contributed by atoms with E-state index in [9.17, 15) is 0 Å². The largest absolute Gasteiger partial charge is 0.294 e. The van der Waals surface area contributed by atoms with Gasteiger partial charge in [0.25, 0.3) is 0 Å². The van der Waals surface area contributed by atoms with Crippen LogP contribution in [-0.4, -0.2) is 33.1 Å². The molecular weight excluding hydrogens is 257 g/mol. The second-order valence-electron chi connectivity index (χ2n) is 4.94. The lowest BCUT2D eigenvalue weighted by atomic mass is 10.0. The van der Waals surface area contributed by atoms with Crippen molar-refractivity contribution in [3.05, 3.63) is 16.4 Å². The normalized spacial score (nSPS) is 25.7. The van der Waals surface area contributed by atoms with E-state index in [0.717, 1.165) is 29.5 Å². The quantitative estimate of drug-likeness (QED) is 0.791. The van der Waals surface area contributed by atoms with Gasteiger partial charge in [-0.3, -0.25) is 9.58 Å². The van der Waals surface area contributed by atoms with E-state index < -0.39 is 0 Å². The minimum absolute atomic E-state index is 0.465. The fraction of sp³-hybridized carbons (Fsp3) is 0.750. The van der Waals surface area contributed by atoms with Crippen molar-refractivity contribution in [3.8, 4) is 0 Å². The first-order valence-electron chi connectivity index (χ1n) is 6.02. The molecule has 1 fully saturated rings. The first-order chi connectivity index (χ1) is 8.04. The molecule has 0 amide bonds. The van der Waals surface area contributed by atoms with Gasteiger partial charge in [0.2, 0.25) is 0 Å². The average molecular weight is 276 g/mol. The van der Waals surface area contributed by atoms with Crippen LogP contribution in [0.15, 0.2) is 0 Å². The molecular formula is C12H19Cl2N3. The van der Waals surface area contributed by atoms with E-state index in [-0.39, 0.29) is 0 Å². The summed E-state index contributed by atoms with van der Waals surface area (Å²) >= 11 is 12.3. The molecule has 1 aromatic rings. The van der Waals surface area contributed by atoms with Gasteiger partial charge in [-0.25, -0.2) is 0 Å². The highest BCUT2D eigenvalue weighted by atomic mass is 35.5. The molecule has 1 aromatic heterocycles. The van der Waals surface area contributed by atoms with Gasteiger partial charge in [-0.15, -0.1) is 11.6 Å². The lowest BCUT2D eigenvalue weighted by molar-refractivity contribution is 0.241. The maximum atomic E-state index is 6.26. The van der Waals surface area contributed by atoms with Gasteiger partial charge in [0.15, 0.2) is 0 Å². The maximum absolute atomic E-state index is 6.26. The van der Waals surface area contributed by atoms with E-state index in [4.69, 9.17) is 23.2 Å². The zero-order chi connectivity index (χ0) is 12.6. The van der Waals surface area contributed by atoms with Crippen molar-refractivity contribution in [3.63, 3.8) is 0 Å². The van der Waals surface area contributed by atoms with E-state index in [0.29, 0.717) is 17.8 Å². The van der Waals surface area contributed by atoms with Crippen molar-refractivity contribution < 1.29 is 0 Å². The van der Waals surface area contributed by atoms with E-state index >= 15 is 0 Å². The van der Waals surface area contributed by atoms with Crippen molar-refractivity contribution in [1.29, 1.82) is 0 Å². The second-order valence-corrected chi connectivity index (χ2v) is 5.60. The summed E-state index contributed by atoms with van der Waals surface area (Å²) in [5, 5.41) is 5.09. The molecule has 0 bridgehead atoms. The molecule has 2 unspecified atom stereocenters. The number of aromatic nitrogens is 2. The number of likely N-dealkylation sites (tertiary alicyclic amines) is 1. The average Bonchev–Trinajstić information content (AvgIpc) is 2.75. The molecule has 0 N–H and O–H groups in total. The topological polar surface area (TPSA) is 21.1 Å². The Hall–Kier alpha value is -0.250. The van der Waals surface area contributed by atoms with Crippen LogP contribution in [0.2, 0.25) is 5.15 Å². The summed E-state index contributed by atoms with van der Waals surface area (Å²) in [6.07, 6.45) is 1.22. The molecule has 1 saturated heterocycles. The van der Waals surface area contributed by atoms with Crippen LogP contribution in [0.3, 0.4) is 0 Å². The molecule has 0 aromatic carbocycles. The molecule has 2 atom stereocenters. The third-order valence-electron chi connectivity index (χ3n) is 3.79. The Labute approximate surface area is 113 Å². The summed E-state index contributed by atoms with van der Waals surface area (Å²) in [5.74, 6) is 1.36. The minimum Gasteiger partial charge on any atom is -0.294 e. The monoisotopic (exact) mass is 275 g/mol. The Kier molecular flexibility index (Phi) is 4.01. The number of nitrogens with zero attached hydrogens (tertiary/aromatic N) is 3. The second kappa shape index (κ2) is 5.17. The molecule has 5 heteroatoms. The van der Waals surface area contributed by atoms with E-state index in [2.05, 4.69) is 16.9 Å². The van der Waals surface area contributed by atoms with Crippen LogP contribution in [0, 0.1) is 12.8 Å². The summed E-state index contributed by atoms with van der Waals surface area (Å²) < 4.78 is 1.74. The SMILES string of the molecule is Cc1nn(C)c(Cl)c1CN1CCC(C)C1CCl. The van der Waals surface area contributed by atoms with Gasteiger partial charge in [-0.05, 0) is 25.8 Å². The molecule has 17 heavy (non-hydrogen) atoms. The maximum Gasteiger partial charge on any atom is 0.131 e. The summed E-state index contributed by atoms with van der Waals surface area (Å²) in [4.78, 5) is 2.42. The lowest BCUT2D eigenvalue weighted by Crippen LogP contribution is -2.33. The molecule has 0 radical (unpaired) electrons. The Morgan fingerprint density at radius 1 is 1.47 bits per heavy atom. The highest BCUT2D eigenvalue weighted by Gasteiger charge is 2.31. The zero-order valence-electron chi connectivity index (χ0n) is 10.6. The van der Waals surface area contributed by atoms with E-state index in [1.807, 2.05) is 14.0 Å². The number of alkyl halides is 1. The summed E-state index contributed by atoms with van der Waals surface area (Å²) in [5.41, 5.74) is 2.16. The van der Waals surface area contributed by atoms with Gasteiger partial charge >= 0.3 is 0 Å².